The molecule has 21 heavy (non-hydrogen) atoms. The highest BCUT2D eigenvalue weighted by atomic mass is 16.2. The Balaban J connectivity index is 1.99. The largest absolute Gasteiger partial charge is 0.368 e. The molecule has 1 aliphatic carbocycles. The zero-order valence-electron chi connectivity index (χ0n) is 13.5. The van der Waals surface area contributed by atoms with Gasteiger partial charge in [-0.15, -0.1) is 0 Å². The van der Waals surface area contributed by atoms with Crippen LogP contribution in [-0.4, -0.2) is 61.0 Å². The van der Waals surface area contributed by atoms with Gasteiger partial charge in [0.1, 0.15) is 5.82 Å². The molecular formula is C16H26N4O. The molecule has 1 aromatic heterocycles. The van der Waals surface area contributed by atoms with E-state index >= 15 is 0 Å². The van der Waals surface area contributed by atoms with Crippen molar-refractivity contribution in [2.45, 2.75) is 31.2 Å². The summed E-state index contributed by atoms with van der Waals surface area (Å²) in [6.07, 6.45) is 6.68. The van der Waals surface area contributed by atoms with Crippen molar-refractivity contribution in [1.82, 2.24) is 14.8 Å². The van der Waals surface area contributed by atoms with Gasteiger partial charge in [0.25, 0.3) is 5.91 Å². The SMILES string of the molecule is CN(C)C(=O)c1ccc(NCC2(N(C)C)CCCC2)nc1. The van der Waals surface area contributed by atoms with E-state index in [1.807, 2.05) is 12.1 Å². The number of aromatic nitrogens is 1. The molecule has 5 heteroatoms. The van der Waals surface area contributed by atoms with Gasteiger partial charge in [0.05, 0.1) is 5.56 Å². The molecule has 2 rings (SSSR count). The highest BCUT2D eigenvalue weighted by Gasteiger charge is 2.35. The molecule has 1 aliphatic rings. The zero-order valence-corrected chi connectivity index (χ0v) is 13.5. The van der Waals surface area contributed by atoms with Crippen molar-refractivity contribution < 1.29 is 4.79 Å². The van der Waals surface area contributed by atoms with Crippen LogP contribution in [0, 0.1) is 0 Å². The van der Waals surface area contributed by atoms with Gasteiger partial charge in [-0.05, 0) is 39.1 Å². The minimum Gasteiger partial charge on any atom is -0.368 e. The second-order valence-electron chi connectivity index (χ2n) is 6.31. The maximum atomic E-state index is 11.8. The Hall–Kier alpha value is -1.62. The third kappa shape index (κ3) is 3.53. The third-order valence-electron chi connectivity index (χ3n) is 4.50. The molecule has 0 aliphatic heterocycles. The van der Waals surface area contributed by atoms with Gasteiger partial charge in [-0.2, -0.15) is 0 Å². The number of nitrogens with one attached hydrogen (secondary N) is 1. The molecule has 116 valence electrons. The number of hydrogen-bond donors (Lipinski definition) is 1. The maximum Gasteiger partial charge on any atom is 0.254 e. The first-order chi connectivity index (χ1) is 9.94. The summed E-state index contributed by atoms with van der Waals surface area (Å²) >= 11 is 0. The summed E-state index contributed by atoms with van der Waals surface area (Å²) in [6.45, 7) is 0.897. The molecule has 1 fully saturated rings. The number of pyridine rings is 1. The summed E-state index contributed by atoms with van der Waals surface area (Å²) in [6, 6.07) is 3.71. The van der Waals surface area contributed by atoms with Gasteiger partial charge >= 0.3 is 0 Å². The maximum absolute atomic E-state index is 11.8. The van der Waals surface area contributed by atoms with E-state index in [2.05, 4.69) is 29.3 Å². The van der Waals surface area contributed by atoms with Gasteiger partial charge in [-0.1, -0.05) is 12.8 Å². The lowest BCUT2D eigenvalue weighted by Crippen LogP contribution is -2.47. The quantitative estimate of drug-likeness (QED) is 0.902. The van der Waals surface area contributed by atoms with E-state index in [1.165, 1.54) is 25.7 Å². The molecular weight excluding hydrogens is 264 g/mol. The first-order valence-electron chi connectivity index (χ1n) is 7.54. The van der Waals surface area contributed by atoms with Gasteiger partial charge < -0.3 is 15.1 Å². The topological polar surface area (TPSA) is 48.5 Å². The molecule has 1 N–H and O–H groups in total. The van der Waals surface area contributed by atoms with Crippen molar-refractivity contribution in [2.24, 2.45) is 0 Å². The van der Waals surface area contributed by atoms with Crippen molar-refractivity contribution in [3.8, 4) is 0 Å². The summed E-state index contributed by atoms with van der Waals surface area (Å²) in [5.74, 6) is 0.813. The van der Waals surface area contributed by atoms with Crippen molar-refractivity contribution in [1.29, 1.82) is 0 Å². The summed E-state index contributed by atoms with van der Waals surface area (Å²) in [5.41, 5.74) is 0.855. The van der Waals surface area contributed by atoms with Crippen LogP contribution in [0.1, 0.15) is 36.0 Å². The van der Waals surface area contributed by atoms with Crippen LogP contribution in [0.2, 0.25) is 0 Å². The van der Waals surface area contributed by atoms with Gasteiger partial charge in [0, 0.05) is 32.4 Å². The van der Waals surface area contributed by atoms with E-state index in [0.717, 1.165) is 12.4 Å². The van der Waals surface area contributed by atoms with E-state index in [-0.39, 0.29) is 11.4 Å². The van der Waals surface area contributed by atoms with E-state index < -0.39 is 0 Å². The Bertz CT molecular complexity index is 476. The Morgan fingerprint density at radius 1 is 1.24 bits per heavy atom. The lowest BCUT2D eigenvalue weighted by atomic mass is 9.96. The Morgan fingerprint density at radius 3 is 2.38 bits per heavy atom. The lowest BCUT2D eigenvalue weighted by Gasteiger charge is -2.36. The molecule has 0 atom stereocenters. The number of hydrogen-bond acceptors (Lipinski definition) is 4. The number of amides is 1. The fraction of sp³-hybridized carbons (Fsp3) is 0.625. The Labute approximate surface area is 127 Å². The summed E-state index contributed by atoms with van der Waals surface area (Å²) in [7, 11) is 7.80. The van der Waals surface area contributed by atoms with Gasteiger partial charge in [0.2, 0.25) is 0 Å². The molecule has 5 nitrogen and oxygen atoms in total. The molecule has 1 saturated carbocycles. The van der Waals surface area contributed by atoms with Crippen molar-refractivity contribution in [2.75, 3.05) is 40.1 Å². The first-order valence-corrected chi connectivity index (χ1v) is 7.54. The predicted molar refractivity (Wildman–Crippen MR) is 85.6 cm³/mol. The molecule has 0 aromatic carbocycles. The Kier molecular flexibility index (Phi) is 4.83. The lowest BCUT2D eigenvalue weighted by molar-refractivity contribution is 0.0827. The molecule has 0 radical (unpaired) electrons. The average molecular weight is 290 g/mol. The van der Waals surface area contributed by atoms with Crippen LogP contribution < -0.4 is 5.32 Å². The minimum absolute atomic E-state index is 0.0189. The summed E-state index contributed by atoms with van der Waals surface area (Å²) in [5, 5.41) is 3.43. The first kappa shape index (κ1) is 15.8. The van der Waals surface area contributed by atoms with Crippen LogP contribution in [0.3, 0.4) is 0 Å². The summed E-state index contributed by atoms with van der Waals surface area (Å²) in [4.78, 5) is 20.1. The van der Waals surface area contributed by atoms with Crippen LogP contribution in [0.25, 0.3) is 0 Å². The van der Waals surface area contributed by atoms with Gasteiger partial charge in [-0.25, -0.2) is 4.98 Å². The molecule has 0 spiro atoms. The smallest absolute Gasteiger partial charge is 0.254 e. The highest BCUT2D eigenvalue weighted by Crippen LogP contribution is 2.33. The number of nitrogens with zero attached hydrogens (tertiary/aromatic N) is 3. The molecule has 1 amide bonds. The second kappa shape index (κ2) is 6.43. The van der Waals surface area contributed by atoms with E-state index in [1.54, 1.807) is 25.2 Å². The molecule has 0 unspecified atom stereocenters. The number of anilines is 1. The van der Waals surface area contributed by atoms with Crippen molar-refractivity contribution in [3.05, 3.63) is 23.9 Å². The molecule has 0 saturated heterocycles. The van der Waals surface area contributed by atoms with E-state index in [0.29, 0.717) is 5.56 Å². The van der Waals surface area contributed by atoms with Crippen LogP contribution >= 0.6 is 0 Å². The molecule has 1 aromatic rings. The minimum atomic E-state index is -0.0189. The Morgan fingerprint density at radius 2 is 1.90 bits per heavy atom. The average Bonchev–Trinajstić information content (AvgIpc) is 2.95. The molecule has 1 heterocycles. The van der Waals surface area contributed by atoms with Crippen LogP contribution in [0.15, 0.2) is 18.3 Å². The fourth-order valence-electron chi connectivity index (χ4n) is 2.95. The second-order valence-corrected chi connectivity index (χ2v) is 6.31. The number of likely N-dealkylation sites (N-methyl/N-ethyl adjacent to an activating group) is 1. The van der Waals surface area contributed by atoms with Gasteiger partial charge in [-0.3, -0.25) is 4.79 Å². The van der Waals surface area contributed by atoms with E-state index in [9.17, 15) is 4.79 Å². The van der Waals surface area contributed by atoms with Gasteiger partial charge in [0.15, 0.2) is 0 Å². The molecule has 0 bridgehead atoms. The van der Waals surface area contributed by atoms with Crippen LogP contribution in [-0.2, 0) is 0 Å². The van der Waals surface area contributed by atoms with Crippen molar-refractivity contribution >= 4 is 11.7 Å². The monoisotopic (exact) mass is 290 g/mol. The third-order valence-corrected chi connectivity index (χ3v) is 4.50. The normalized spacial score (nSPS) is 17.0. The van der Waals surface area contributed by atoms with Crippen LogP contribution in [0.4, 0.5) is 5.82 Å². The van der Waals surface area contributed by atoms with E-state index in [4.69, 9.17) is 0 Å². The predicted octanol–water partition coefficient (Wildman–Crippen LogP) is 2.07. The van der Waals surface area contributed by atoms with Crippen molar-refractivity contribution in [3.63, 3.8) is 0 Å². The highest BCUT2D eigenvalue weighted by molar-refractivity contribution is 5.93. The number of carbonyl (C=O) groups excluding carboxylic acids is 1. The standard InChI is InChI=1S/C16H26N4O/c1-19(2)15(21)13-7-8-14(17-11-13)18-12-16(20(3)4)9-5-6-10-16/h7-8,11H,5-6,9-10,12H2,1-4H3,(H,17,18). The fourth-order valence-corrected chi connectivity index (χ4v) is 2.95. The zero-order chi connectivity index (χ0) is 15.5. The number of carbonyl (C=O) groups is 1. The number of rotatable bonds is 5. The van der Waals surface area contributed by atoms with Crippen LogP contribution in [0.5, 0.6) is 0 Å². The summed E-state index contributed by atoms with van der Waals surface area (Å²) < 4.78 is 0.